The maximum atomic E-state index is 12.0. The Morgan fingerprint density at radius 1 is 0.914 bits per heavy atom. The predicted octanol–water partition coefficient (Wildman–Crippen LogP) is 8.34. The molecule has 0 spiro atoms. The lowest BCUT2D eigenvalue weighted by Crippen LogP contribution is -2.22. The first kappa shape index (κ1) is 24.6. The summed E-state index contributed by atoms with van der Waals surface area (Å²) < 4.78 is 18.4. The van der Waals surface area contributed by atoms with Crippen molar-refractivity contribution in [3.05, 3.63) is 83.4 Å². The summed E-state index contributed by atoms with van der Waals surface area (Å²) in [6, 6.07) is 20.2. The van der Waals surface area contributed by atoms with Gasteiger partial charge in [-0.1, -0.05) is 35.9 Å². The van der Waals surface area contributed by atoms with Crippen molar-refractivity contribution >= 4 is 33.5 Å². The van der Waals surface area contributed by atoms with E-state index in [2.05, 4.69) is 32.0 Å². The standard InChI is InChI=1S/C30H30O4S/c1-19-7-8-20(2)25(17-19)29-28(24-15-14-23(32-6)18-26(24)35-29)33-22-12-9-21(10-13-22)11-16-27(31)34-30(3,4)5/h7-18H,1-6H3. The number of ether oxygens (including phenoxy) is 3. The fourth-order valence-corrected chi connectivity index (χ4v) is 4.94. The van der Waals surface area contributed by atoms with Gasteiger partial charge in [0.2, 0.25) is 0 Å². The third kappa shape index (κ3) is 5.92. The third-order valence-corrected chi connectivity index (χ3v) is 6.58. The molecule has 0 aliphatic rings. The minimum atomic E-state index is -0.514. The summed E-state index contributed by atoms with van der Waals surface area (Å²) >= 11 is 1.70. The summed E-state index contributed by atoms with van der Waals surface area (Å²) in [5.41, 5.74) is 3.93. The van der Waals surface area contributed by atoms with Crippen molar-refractivity contribution in [2.45, 2.75) is 40.2 Å². The number of hydrogen-bond donors (Lipinski definition) is 0. The number of carbonyl (C=O) groups excluding carboxylic acids is 1. The SMILES string of the molecule is COc1ccc2c(Oc3ccc(C=CC(=O)OC(C)(C)C)cc3)c(-c3cc(C)ccc3C)sc2c1. The number of thiophene rings is 1. The average Bonchev–Trinajstić information content (AvgIpc) is 3.16. The van der Waals surface area contributed by atoms with E-state index in [4.69, 9.17) is 14.2 Å². The van der Waals surface area contributed by atoms with E-state index < -0.39 is 5.60 Å². The van der Waals surface area contributed by atoms with Crippen LogP contribution >= 0.6 is 11.3 Å². The van der Waals surface area contributed by atoms with Crippen molar-refractivity contribution in [1.29, 1.82) is 0 Å². The van der Waals surface area contributed by atoms with Gasteiger partial charge in [-0.25, -0.2) is 4.79 Å². The fraction of sp³-hybridized carbons (Fsp3) is 0.233. The van der Waals surface area contributed by atoms with Crippen molar-refractivity contribution in [3.8, 4) is 27.7 Å². The van der Waals surface area contributed by atoms with Gasteiger partial charge in [0.1, 0.15) is 17.1 Å². The van der Waals surface area contributed by atoms with Crippen molar-refractivity contribution in [2.24, 2.45) is 0 Å². The number of aryl methyl sites for hydroxylation is 2. The Morgan fingerprint density at radius 2 is 1.63 bits per heavy atom. The quantitative estimate of drug-likeness (QED) is 0.203. The topological polar surface area (TPSA) is 44.8 Å². The van der Waals surface area contributed by atoms with Crippen LogP contribution in [0.2, 0.25) is 0 Å². The molecule has 0 saturated carbocycles. The molecule has 5 heteroatoms. The normalized spacial score (nSPS) is 11.7. The molecule has 0 unspecified atom stereocenters. The number of methoxy groups -OCH3 is 1. The molecule has 0 N–H and O–H groups in total. The van der Waals surface area contributed by atoms with E-state index in [1.54, 1.807) is 24.5 Å². The Labute approximate surface area is 210 Å². The highest BCUT2D eigenvalue weighted by Crippen LogP contribution is 2.48. The summed E-state index contributed by atoms with van der Waals surface area (Å²) in [6.45, 7) is 9.77. The molecule has 1 aromatic heterocycles. The van der Waals surface area contributed by atoms with Gasteiger partial charge >= 0.3 is 5.97 Å². The van der Waals surface area contributed by atoms with Crippen molar-refractivity contribution in [2.75, 3.05) is 7.11 Å². The number of carbonyl (C=O) groups is 1. The van der Waals surface area contributed by atoms with Gasteiger partial charge in [0.05, 0.1) is 12.0 Å². The molecular weight excluding hydrogens is 456 g/mol. The second-order valence-corrected chi connectivity index (χ2v) is 10.5. The first-order valence-corrected chi connectivity index (χ1v) is 12.3. The molecule has 0 fully saturated rings. The fourth-order valence-electron chi connectivity index (χ4n) is 3.70. The maximum Gasteiger partial charge on any atom is 0.331 e. The van der Waals surface area contributed by atoms with Crippen LogP contribution in [0.1, 0.15) is 37.5 Å². The largest absolute Gasteiger partial charge is 0.497 e. The van der Waals surface area contributed by atoms with Crippen LogP contribution in [0.3, 0.4) is 0 Å². The molecule has 4 nitrogen and oxygen atoms in total. The summed E-state index contributed by atoms with van der Waals surface area (Å²) in [5.74, 6) is 2.01. The number of rotatable bonds is 6. The molecule has 0 aliphatic heterocycles. The molecule has 0 saturated heterocycles. The van der Waals surface area contributed by atoms with E-state index in [9.17, 15) is 4.79 Å². The Balaban J connectivity index is 1.67. The summed E-state index contributed by atoms with van der Waals surface area (Å²) in [4.78, 5) is 13.0. The van der Waals surface area contributed by atoms with Crippen LogP contribution in [0.25, 0.3) is 26.6 Å². The van der Waals surface area contributed by atoms with Crippen molar-refractivity contribution in [3.63, 3.8) is 0 Å². The molecule has 0 amide bonds. The number of esters is 1. The van der Waals surface area contributed by atoms with Crippen LogP contribution in [0, 0.1) is 13.8 Å². The molecule has 1 heterocycles. The van der Waals surface area contributed by atoms with Gasteiger partial charge in [-0.2, -0.15) is 0 Å². The molecule has 3 aromatic carbocycles. The number of fused-ring (bicyclic) bond motifs is 1. The molecule has 35 heavy (non-hydrogen) atoms. The minimum Gasteiger partial charge on any atom is -0.497 e. The lowest BCUT2D eigenvalue weighted by Gasteiger charge is -2.17. The van der Waals surface area contributed by atoms with E-state index in [1.807, 2.05) is 63.2 Å². The van der Waals surface area contributed by atoms with E-state index in [1.165, 1.54) is 17.2 Å². The Kier molecular flexibility index (Phi) is 6.99. The average molecular weight is 487 g/mol. The van der Waals surface area contributed by atoms with E-state index in [0.29, 0.717) is 0 Å². The Morgan fingerprint density at radius 3 is 2.31 bits per heavy atom. The van der Waals surface area contributed by atoms with E-state index in [0.717, 1.165) is 43.3 Å². The van der Waals surface area contributed by atoms with Crippen LogP contribution in [0.4, 0.5) is 0 Å². The molecule has 180 valence electrons. The zero-order valence-corrected chi connectivity index (χ0v) is 21.8. The first-order valence-electron chi connectivity index (χ1n) is 11.5. The van der Waals surface area contributed by atoms with Gasteiger partial charge in [0.15, 0.2) is 5.75 Å². The number of hydrogen-bond acceptors (Lipinski definition) is 5. The maximum absolute atomic E-state index is 12.0. The highest BCUT2D eigenvalue weighted by atomic mass is 32.1. The molecule has 0 radical (unpaired) electrons. The first-order chi connectivity index (χ1) is 16.6. The predicted molar refractivity (Wildman–Crippen MR) is 145 cm³/mol. The smallest absolute Gasteiger partial charge is 0.331 e. The molecule has 4 aromatic rings. The van der Waals surface area contributed by atoms with Crippen LogP contribution in [-0.2, 0) is 9.53 Å². The van der Waals surface area contributed by atoms with Gasteiger partial charge in [-0.05, 0) is 87.7 Å². The summed E-state index contributed by atoms with van der Waals surface area (Å²) in [5, 5.41) is 1.04. The van der Waals surface area contributed by atoms with Gasteiger partial charge in [0, 0.05) is 16.2 Å². The molecule has 0 atom stereocenters. The second kappa shape index (κ2) is 9.96. The van der Waals surface area contributed by atoms with Crippen molar-refractivity contribution < 1.29 is 19.0 Å². The monoisotopic (exact) mass is 486 g/mol. The third-order valence-electron chi connectivity index (χ3n) is 5.41. The van der Waals surface area contributed by atoms with Gasteiger partial charge in [-0.3, -0.25) is 0 Å². The minimum absolute atomic E-state index is 0.365. The van der Waals surface area contributed by atoms with Gasteiger partial charge < -0.3 is 14.2 Å². The second-order valence-electron chi connectivity index (χ2n) is 9.48. The molecule has 4 rings (SSSR count). The van der Waals surface area contributed by atoms with Crippen LogP contribution in [0.5, 0.6) is 17.2 Å². The van der Waals surface area contributed by atoms with Crippen LogP contribution < -0.4 is 9.47 Å². The van der Waals surface area contributed by atoms with Gasteiger partial charge in [0.25, 0.3) is 0 Å². The summed E-state index contributed by atoms with van der Waals surface area (Å²) in [7, 11) is 1.68. The highest BCUT2D eigenvalue weighted by Gasteiger charge is 2.19. The Hall–Kier alpha value is -3.57. The molecule has 0 aliphatic carbocycles. The van der Waals surface area contributed by atoms with E-state index in [-0.39, 0.29) is 5.97 Å². The van der Waals surface area contributed by atoms with Crippen LogP contribution in [0.15, 0.2) is 66.7 Å². The molecule has 0 bridgehead atoms. The lowest BCUT2D eigenvalue weighted by molar-refractivity contribution is -0.148. The number of benzene rings is 3. The van der Waals surface area contributed by atoms with Crippen LogP contribution in [-0.4, -0.2) is 18.7 Å². The highest BCUT2D eigenvalue weighted by molar-refractivity contribution is 7.22. The lowest BCUT2D eigenvalue weighted by atomic mass is 10.0. The van der Waals surface area contributed by atoms with Crippen molar-refractivity contribution in [1.82, 2.24) is 0 Å². The van der Waals surface area contributed by atoms with E-state index >= 15 is 0 Å². The zero-order valence-electron chi connectivity index (χ0n) is 21.0. The Bertz CT molecular complexity index is 1390. The molecular formula is C30H30O4S. The zero-order chi connectivity index (χ0) is 25.2. The summed E-state index contributed by atoms with van der Waals surface area (Å²) in [6.07, 6.45) is 3.19. The van der Waals surface area contributed by atoms with Gasteiger partial charge in [-0.15, -0.1) is 11.3 Å².